The second kappa shape index (κ2) is 8.86. The Kier molecular flexibility index (Phi) is 6.54. The van der Waals surface area contributed by atoms with Gasteiger partial charge in [-0.1, -0.05) is 24.4 Å². The zero-order chi connectivity index (χ0) is 17.6. The number of rotatable bonds is 2. The molecule has 0 radical (unpaired) electrons. The van der Waals surface area contributed by atoms with Crippen LogP contribution in [0.5, 0.6) is 0 Å². The van der Waals surface area contributed by atoms with Crippen molar-refractivity contribution in [2.45, 2.75) is 38.5 Å². The largest absolute Gasteiger partial charge is 0.349 e. The first kappa shape index (κ1) is 18.5. The first-order chi connectivity index (χ1) is 12.1. The van der Waals surface area contributed by atoms with Gasteiger partial charge in [0, 0.05) is 42.8 Å². The Morgan fingerprint density at radius 1 is 0.960 bits per heavy atom. The molecule has 4 nitrogen and oxygen atoms in total. The Morgan fingerprint density at radius 3 is 2.16 bits per heavy atom. The second-order valence-electron chi connectivity index (χ2n) is 6.94. The lowest BCUT2D eigenvalue weighted by Gasteiger charge is -2.35. The molecular weight excluding hydrogens is 354 g/mol. The van der Waals surface area contributed by atoms with Crippen LogP contribution in [0.15, 0.2) is 24.3 Å². The zero-order valence-electron chi connectivity index (χ0n) is 14.5. The van der Waals surface area contributed by atoms with Crippen molar-refractivity contribution in [3.8, 4) is 0 Å². The number of likely N-dealkylation sites (tertiary alicyclic amines) is 2. The lowest BCUT2D eigenvalue weighted by Crippen LogP contribution is -2.45. The van der Waals surface area contributed by atoms with Crippen molar-refractivity contribution in [1.82, 2.24) is 9.80 Å². The maximum Gasteiger partial charge on any atom is 0.225 e. The summed E-state index contributed by atoms with van der Waals surface area (Å²) in [6.45, 7) is 3.55. The predicted octanol–water partition coefficient (Wildman–Crippen LogP) is 4.15. The van der Waals surface area contributed by atoms with Gasteiger partial charge >= 0.3 is 0 Å². The van der Waals surface area contributed by atoms with Gasteiger partial charge in [-0.05, 0) is 62.2 Å². The predicted molar refractivity (Wildman–Crippen MR) is 107 cm³/mol. The number of benzene rings is 1. The van der Waals surface area contributed by atoms with Gasteiger partial charge in [-0.3, -0.25) is 4.79 Å². The minimum Gasteiger partial charge on any atom is -0.349 e. The van der Waals surface area contributed by atoms with Crippen LogP contribution in [0.4, 0.5) is 5.69 Å². The van der Waals surface area contributed by atoms with Crippen LogP contribution in [-0.2, 0) is 4.79 Å². The average Bonchev–Trinajstić information content (AvgIpc) is 2.92. The van der Waals surface area contributed by atoms with E-state index in [0.29, 0.717) is 10.9 Å². The number of piperidine rings is 1. The standard InChI is InChI=1S/C19H26ClN3OS/c20-16-5-7-17(8-6-16)21-19(25)23-13-9-15(10-14-23)18(24)22-11-3-1-2-4-12-22/h5-8,15H,1-4,9-14H2,(H,21,25). The number of anilines is 1. The highest BCUT2D eigenvalue weighted by molar-refractivity contribution is 7.80. The Balaban J connectivity index is 1.48. The van der Waals surface area contributed by atoms with Crippen LogP contribution in [0.25, 0.3) is 0 Å². The molecule has 2 aliphatic rings. The van der Waals surface area contributed by atoms with Gasteiger partial charge in [0.25, 0.3) is 0 Å². The first-order valence-corrected chi connectivity index (χ1v) is 10.0. The molecule has 0 atom stereocenters. The van der Waals surface area contributed by atoms with Crippen molar-refractivity contribution in [1.29, 1.82) is 0 Å². The fourth-order valence-electron chi connectivity index (χ4n) is 3.61. The maximum atomic E-state index is 12.8. The van der Waals surface area contributed by atoms with E-state index in [9.17, 15) is 4.79 Å². The Morgan fingerprint density at radius 2 is 1.56 bits per heavy atom. The molecule has 2 aliphatic heterocycles. The van der Waals surface area contributed by atoms with E-state index in [1.165, 1.54) is 12.8 Å². The summed E-state index contributed by atoms with van der Waals surface area (Å²) in [5.41, 5.74) is 0.942. The number of hydrogen-bond donors (Lipinski definition) is 1. The highest BCUT2D eigenvalue weighted by Gasteiger charge is 2.29. The SMILES string of the molecule is O=C(C1CCN(C(=S)Nc2ccc(Cl)cc2)CC1)N1CCCCCC1. The summed E-state index contributed by atoms with van der Waals surface area (Å²) in [6.07, 6.45) is 6.59. The van der Waals surface area contributed by atoms with E-state index in [1.807, 2.05) is 24.3 Å². The Bertz CT molecular complexity index is 591. The van der Waals surface area contributed by atoms with Crippen molar-refractivity contribution >= 4 is 40.5 Å². The smallest absolute Gasteiger partial charge is 0.225 e. The second-order valence-corrected chi connectivity index (χ2v) is 7.76. The fourth-order valence-corrected chi connectivity index (χ4v) is 4.04. The number of thiocarbonyl (C=S) groups is 1. The normalized spacial score (nSPS) is 19.4. The molecule has 0 aliphatic carbocycles. The summed E-state index contributed by atoms with van der Waals surface area (Å²) in [4.78, 5) is 17.0. The van der Waals surface area contributed by atoms with Gasteiger partial charge in [0.05, 0.1) is 0 Å². The monoisotopic (exact) mass is 379 g/mol. The molecule has 0 aromatic heterocycles. The number of carbonyl (C=O) groups is 1. The fraction of sp³-hybridized carbons (Fsp3) is 0.579. The van der Waals surface area contributed by atoms with Gasteiger partial charge in [-0.25, -0.2) is 0 Å². The highest BCUT2D eigenvalue weighted by atomic mass is 35.5. The molecule has 1 aromatic rings. The molecule has 1 N–H and O–H groups in total. The molecular formula is C19H26ClN3OS. The molecule has 0 saturated carbocycles. The quantitative estimate of drug-likeness (QED) is 0.783. The van der Waals surface area contributed by atoms with Crippen molar-refractivity contribution in [3.63, 3.8) is 0 Å². The molecule has 2 fully saturated rings. The summed E-state index contributed by atoms with van der Waals surface area (Å²) in [6, 6.07) is 7.53. The van der Waals surface area contributed by atoms with Crippen LogP contribution in [0.2, 0.25) is 5.02 Å². The third-order valence-electron chi connectivity index (χ3n) is 5.14. The number of nitrogens with one attached hydrogen (secondary N) is 1. The van der Waals surface area contributed by atoms with Crippen LogP contribution in [0.1, 0.15) is 38.5 Å². The number of amides is 1. The van der Waals surface area contributed by atoms with E-state index >= 15 is 0 Å². The summed E-state index contributed by atoms with van der Waals surface area (Å²) >= 11 is 11.4. The van der Waals surface area contributed by atoms with E-state index < -0.39 is 0 Å². The van der Waals surface area contributed by atoms with Gasteiger partial charge in [0.1, 0.15) is 0 Å². The van der Waals surface area contributed by atoms with Gasteiger partial charge in [-0.2, -0.15) is 0 Å². The van der Waals surface area contributed by atoms with Crippen LogP contribution in [0, 0.1) is 5.92 Å². The van der Waals surface area contributed by atoms with E-state index in [4.69, 9.17) is 23.8 Å². The molecule has 1 amide bonds. The minimum atomic E-state index is 0.160. The van der Waals surface area contributed by atoms with Crippen LogP contribution in [0.3, 0.4) is 0 Å². The Hall–Kier alpha value is -1.33. The third kappa shape index (κ3) is 5.08. The van der Waals surface area contributed by atoms with E-state index in [0.717, 1.165) is 62.7 Å². The number of halogens is 1. The number of carbonyl (C=O) groups excluding carboxylic acids is 1. The number of nitrogens with zero attached hydrogens (tertiary/aromatic N) is 2. The minimum absolute atomic E-state index is 0.160. The van der Waals surface area contributed by atoms with E-state index in [1.54, 1.807) is 0 Å². The van der Waals surface area contributed by atoms with Crippen molar-refractivity contribution in [2.24, 2.45) is 5.92 Å². The summed E-state index contributed by atoms with van der Waals surface area (Å²) in [5, 5.41) is 4.70. The van der Waals surface area contributed by atoms with Crippen molar-refractivity contribution in [2.75, 3.05) is 31.5 Å². The summed E-state index contributed by atoms with van der Waals surface area (Å²) < 4.78 is 0. The highest BCUT2D eigenvalue weighted by Crippen LogP contribution is 2.23. The molecule has 25 heavy (non-hydrogen) atoms. The van der Waals surface area contributed by atoms with Gasteiger partial charge in [0.15, 0.2) is 5.11 Å². The number of hydrogen-bond acceptors (Lipinski definition) is 2. The lowest BCUT2D eigenvalue weighted by molar-refractivity contribution is -0.136. The van der Waals surface area contributed by atoms with Crippen LogP contribution in [-0.4, -0.2) is 47.0 Å². The van der Waals surface area contributed by atoms with Gasteiger partial charge in [0.2, 0.25) is 5.91 Å². The first-order valence-electron chi connectivity index (χ1n) is 9.24. The molecule has 2 heterocycles. The maximum absolute atomic E-state index is 12.8. The van der Waals surface area contributed by atoms with Crippen molar-refractivity contribution < 1.29 is 4.79 Å². The van der Waals surface area contributed by atoms with Crippen LogP contribution < -0.4 is 5.32 Å². The van der Waals surface area contributed by atoms with Gasteiger partial charge < -0.3 is 15.1 Å². The third-order valence-corrected chi connectivity index (χ3v) is 5.76. The summed E-state index contributed by atoms with van der Waals surface area (Å²) in [5.74, 6) is 0.519. The average molecular weight is 380 g/mol. The molecule has 0 bridgehead atoms. The molecule has 1 aromatic carbocycles. The topological polar surface area (TPSA) is 35.6 Å². The lowest BCUT2D eigenvalue weighted by atomic mass is 9.95. The molecule has 6 heteroatoms. The molecule has 0 unspecified atom stereocenters. The Labute approximate surface area is 160 Å². The molecule has 2 saturated heterocycles. The van der Waals surface area contributed by atoms with E-state index in [-0.39, 0.29) is 5.92 Å². The van der Waals surface area contributed by atoms with Crippen LogP contribution >= 0.6 is 23.8 Å². The summed E-state index contributed by atoms with van der Waals surface area (Å²) in [7, 11) is 0. The van der Waals surface area contributed by atoms with Gasteiger partial charge in [-0.15, -0.1) is 0 Å². The molecule has 0 spiro atoms. The zero-order valence-corrected chi connectivity index (χ0v) is 16.1. The molecule has 3 rings (SSSR count). The van der Waals surface area contributed by atoms with Crippen molar-refractivity contribution in [3.05, 3.63) is 29.3 Å². The molecule has 136 valence electrons. The van der Waals surface area contributed by atoms with E-state index in [2.05, 4.69) is 15.1 Å².